The molecular formula is C9H14BrN3O. The number of ether oxygens (including phenoxy) is 1. The summed E-state index contributed by atoms with van der Waals surface area (Å²) >= 11 is 3.45. The molecule has 1 aromatic heterocycles. The summed E-state index contributed by atoms with van der Waals surface area (Å²) in [6, 6.07) is 0. The van der Waals surface area contributed by atoms with Gasteiger partial charge >= 0.3 is 0 Å². The van der Waals surface area contributed by atoms with Gasteiger partial charge in [-0.05, 0) is 29.8 Å². The largest absolute Gasteiger partial charge is 0.378 e. The van der Waals surface area contributed by atoms with Crippen molar-refractivity contribution in [3.05, 3.63) is 16.0 Å². The van der Waals surface area contributed by atoms with E-state index in [1.54, 1.807) is 7.11 Å². The van der Waals surface area contributed by atoms with Gasteiger partial charge in [0.15, 0.2) is 0 Å². The summed E-state index contributed by atoms with van der Waals surface area (Å²) in [5, 5.41) is 3.16. The van der Waals surface area contributed by atoms with Crippen LogP contribution in [0.15, 0.2) is 4.47 Å². The Kier molecular flexibility index (Phi) is 4.28. The molecule has 0 fully saturated rings. The SMILES string of the molecule is CCNc1nc(C)nc(COC)c1Br. The van der Waals surface area contributed by atoms with Crippen molar-refractivity contribution in [3.63, 3.8) is 0 Å². The van der Waals surface area contributed by atoms with Gasteiger partial charge in [0, 0.05) is 13.7 Å². The molecule has 5 heteroatoms. The fraction of sp³-hybridized carbons (Fsp3) is 0.556. The number of halogens is 1. The Morgan fingerprint density at radius 1 is 1.43 bits per heavy atom. The molecule has 0 saturated carbocycles. The molecule has 0 radical (unpaired) electrons. The summed E-state index contributed by atoms with van der Waals surface area (Å²) in [6.45, 7) is 5.22. The molecule has 0 aliphatic carbocycles. The molecule has 0 aromatic carbocycles. The molecule has 4 nitrogen and oxygen atoms in total. The van der Waals surface area contributed by atoms with Crippen LogP contribution < -0.4 is 5.32 Å². The Morgan fingerprint density at radius 2 is 2.14 bits per heavy atom. The second kappa shape index (κ2) is 5.26. The summed E-state index contributed by atoms with van der Waals surface area (Å²) in [6.07, 6.45) is 0. The van der Waals surface area contributed by atoms with Crippen LogP contribution in [0.3, 0.4) is 0 Å². The lowest BCUT2D eigenvalue weighted by Gasteiger charge is -2.09. The standard InChI is InChI=1S/C9H14BrN3O/c1-4-11-9-8(10)7(5-14-3)12-6(2)13-9/h4-5H2,1-3H3,(H,11,12,13). The lowest BCUT2D eigenvalue weighted by Crippen LogP contribution is -2.06. The average molecular weight is 260 g/mol. The quantitative estimate of drug-likeness (QED) is 0.900. The van der Waals surface area contributed by atoms with Crippen LogP contribution in [0.5, 0.6) is 0 Å². The lowest BCUT2D eigenvalue weighted by molar-refractivity contribution is 0.180. The van der Waals surface area contributed by atoms with E-state index >= 15 is 0 Å². The second-order valence-electron chi connectivity index (χ2n) is 2.84. The Balaban J connectivity index is 3.04. The number of hydrogen-bond acceptors (Lipinski definition) is 4. The average Bonchev–Trinajstić information content (AvgIpc) is 2.14. The Hall–Kier alpha value is -0.680. The highest BCUT2D eigenvalue weighted by Crippen LogP contribution is 2.23. The molecule has 0 aliphatic heterocycles. The van der Waals surface area contributed by atoms with Crippen LogP contribution in [0.4, 0.5) is 5.82 Å². The molecule has 0 unspecified atom stereocenters. The Bertz CT molecular complexity index is 290. The summed E-state index contributed by atoms with van der Waals surface area (Å²) in [5.74, 6) is 1.57. The van der Waals surface area contributed by atoms with Crippen molar-refractivity contribution in [1.29, 1.82) is 0 Å². The fourth-order valence-electron chi connectivity index (χ4n) is 1.13. The molecule has 0 saturated heterocycles. The van der Waals surface area contributed by atoms with Crippen LogP contribution in [-0.4, -0.2) is 23.6 Å². The number of aryl methyl sites for hydroxylation is 1. The van der Waals surface area contributed by atoms with Gasteiger partial charge in [0.05, 0.1) is 16.8 Å². The highest BCUT2D eigenvalue weighted by Gasteiger charge is 2.09. The third-order valence-electron chi connectivity index (χ3n) is 1.66. The summed E-state index contributed by atoms with van der Waals surface area (Å²) < 4.78 is 5.93. The summed E-state index contributed by atoms with van der Waals surface area (Å²) in [7, 11) is 1.65. The molecule has 0 bridgehead atoms. The zero-order chi connectivity index (χ0) is 10.6. The van der Waals surface area contributed by atoms with E-state index in [1.165, 1.54) is 0 Å². The first-order valence-electron chi connectivity index (χ1n) is 4.44. The predicted molar refractivity (Wildman–Crippen MR) is 59.3 cm³/mol. The van der Waals surface area contributed by atoms with E-state index in [2.05, 4.69) is 31.2 Å². The third kappa shape index (κ3) is 2.65. The van der Waals surface area contributed by atoms with E-state index in [0.717, 1.165) is 28.4 Å². The zero-order valence-electron chi connectivity index (χ0n) is 8.59. The Labute approximate surface area is 92.2 Å². The van der Waals surface area contributed by atoms with Gasteiger partial charge in [-0.25, -0.2) is 9.97 Å². The van der Waals surface area contributed by atoms with E-state index in [0.29, 0.717) is 6.61 Å². The molecule has 0 spiro atoms. The van der Waals surface area contributed by atoms with Crippen molar-refractivity contribution in [1.82, 2.24) is 9.97 Å². The first-order valence-corrected chi connectivity index (χ1v) is 5.24. The smallest absolute Gasteiger partial charge is 0.144 e. The van der Waals surface area contributed by atoms with Crippen molar-refractivity contribution in [2.75, 3.05) is 19.0 Å². The minimum absolute atomic E-state index is 0.488. The van der Waals surface area contributed by atoms with E-state index in [4.69, 9.17) is 4.74 Å². The lowest BCUT2D eigenvalue weighted by atomic mass is 10.4. The minimum atomic E-state index is 0.488. The van der Waals surface area contributed by atoms with Crippen LogP contribution in [-0.2, 0) is 11.3 Å². The number of hydrogen-bond donors (Lipinski definition) is 1. The van der Waals surface area contributed by atoms with Gasteiger partial charge in [0.1, 0.15) is 11.6 Å². The molecule has 1 aromatic rings. The third-order valence-corrected chi connectivity index (χ3v) is 2.49. The molecule has 1 N–H and O–H groups in total. The Morgan fingerprint density at radius 3 is 2.71 bits per heavy atom. The number of aromatic nitrogens is 2. The van der Waals surface area contributed by atoms with Gasteiger partial charge < -0.3 is 10.1 Å². The van der Waals surface area contributed by atoms with E-state index < -0.39 is 0 Å². The first kappa shape index (κ1) is 11.4. The number of nitrogens with one attached hydrogen (secondary N) is 1. The van der Waals surface area contributed by atoms with Gasteiger partial charge in [-0.3, -0.25) is 0 Å². The highest BCUT2D eigenvalue weighted by molar-refractivity contribution is 9.10. The molecule has 1 heterocycles. The topological polar surface area (TPSA) is 47.0 Å². The maximum Gasteiger partial charge on any atom is 0.144 e. The van der Waals surface area contributed by atoms with Crippen molar-refractivity contribution >= 4 is 21.7 Å². The molecule has 0 amide bonds. The van der Waals surface area contributed by atoms with E-state index in [9.17, 15) is 0 Å². The maximum absolute atomic E-state index is 5.05. The first-order chi connectivity index (χ1) is 6.69. The van der Waals surface area contributed by atoms with Gasteiger partial charge in [0.25, 0.3) is 0 Å². The van der Waals surface area contributed by atoms with Crippen LogP contribution >= 0.6 is 15.9 Å². The highest BCUT2D eigenvalue weighted by atomic mass is 79.9. The molecule has 0 atom stereocenters. The van der Waals surface area contributed by atoms with E-state index in [-0.39, 0.29) is 0 Å². The van der Waals surface area contributed by atoms with Crippen LogP contribution in [0.1, 0.15) is 18.4 Å². The number of rotatable bonds is 4. The van der Waals surface area contributed by atoms with Crippen molar-refractivity contribution in [2.24, 2.45) is 0 Å². The van der Waals surface area contributed by atoms with Gasteiger partial charge in [-0.15, -0.1) is 0 Å². The summed E-state index contributed by atoms with van der Waals surface area (Å²) in [4.78, 5) is 8.56. The number of methoxy groups -OCH3 is 1. The monoisotopic (exact) mass is 259 g/mol. The van der Waals surface area contributed by atoms with Crippen molar-refractivity contribution < 1.29 is 4.74 Å². The van der Waals surface area contributed by atoms with Crippen LogP contribution in [0, 0.1) is 6.92 Å². The van der Waals surface area contributed by atoms with Crippen LogP contribution in [0.2, 0.25) is 0 Å². The zero-order valence-corrected chi connectivity index (χ0v) is 10.2. The summed E-state index contributed by atoms with van der Waals surface area (Å²) in [5.41, 5.74) is 0.871. The van der Waals surface area contributed by atoms with Crippen LogP contribution in [0.25, 0.3) is 0 Å². The van der Waals surface area contributed by atoms with Crippen molar-refractivity contribution in [2.45, 2.75) is 20.5 Å². The second-order valence-corrected chi connectivity index (χ2v) is 3.64. The number of anilines is 1. The normalized spacial score (nSPS) is 10.3. The van der Waals surface area contributed by atoms with Gasteiger partial charge in [0.2, 0.25) is 0 Å². The predicted octanol–water partition coefficient (Wildman–Crippen LogP) is 2.13. The van der Waals surface area contributed by atoms with Gasteiger partial charge in [-0.1, -0.05) is 0 Å². The molecule has 1 rings (SSSR count). The molecular weight excluding hydrogens is 246 g/mol. The fourth-order valence-corrected chi connectivity index (χ4v) is 1.57. The molecule has 0 aliphatic rings. The molecule has 78 valence electrons. The minimum Gasteiger partial charge on any atom is -0.378 e. The maximum atomic E-state index is 5.05. The van der Waals surface area contributed by atoms with Crippen molar-refractivity contribution in [3.8, 4) is 0 Å². The number of nitrogens with zero attached hydrogens (tertiary/aromatic N) is 2. The molecule has 14 heavy (non-hydrogen) atoms. The van der Waals surface area contributed by atoms with E-state index in [1.807, 2.05) is 13.8 Å². The van der Waals surface area contributed by atoms with Gasteiger partial charge in [-0.2, -0.15) is 0 Å².